The fourth-order valence-electron chi connectivity index (χ4n) is 3.77. The van der Waals surface area contributed by atoms with Crippen LogP contribution >= 0.6 is 15.9 Å². The molecule has 0 aromatic heterocycles. The summed E-state index contributed by atoms with van der Waals surface area (Å²) in [6, 6.07) is 5.65. The number of allylic oxidation sites excluding steroid dienone is 3. The molecule has 1 aliphatic heterocycles. The number of benzene rings is 1. The molecule has 0 saturated carbocycles. The molecule has 1 aromatic rings. The first-order valence-corrected chi connectivity index (χ1v) is 10.0. The topological polar surface area (TPSA) is 64.6 Å². The number of carbonyl (C=O) groups is 2. The van der Waals surface area contributed by atoms with Crippen molar-refractivity contribution in [1.82, 2.24) is 5.32 Å². The van der Waals surface area contributed by atoms with Crippen LogP contribution in [0.3, 0.4) is 0 Å². The van der Waals surface area contributed by atoms with Crippen molar-refractivity contribution in [3.8, 4) is 5.75 Å². The van der Waals surface area contributed by atoms with Crippen LogP contribution < -0.4 is 10.1 Å². The van der Waals surface area contributed by atoms with Crippen LogP contribution in [0.4, 0.5) is 0 Å². The van der Waals surface area contributed by atoms with Gasteiger partial charge in [-0.2, -0.15) is 0 Å². The number of hydrogen-bond donors (Lipinski definition) is 1. The van der Waals surface area contributed by atoms with Gasteiger partial charge in [0.25, 0.3) is 0 Å². The van der Waals surface area contributed by atoms with E-state index in [-0.39, 0.29) is 11.8 Å². The largest absolute Gasteiger partial charge is 0.496 e. The first-order chi connectivity index (χ1) is 13.0. The highest BCUT2D eigenvalue weighted by molar-refractivity contribution is 9.10. The van der Waals surface area contributed by atoms with E-state index in [1.54, 1.807) is 7.11 Å². The summed E-state index contributed by atoms with van der Waals surface area (Å²) in [5.41, 5.74) is 3.57. The van der Waals surface area contributed by atoms with E-state index in [9.17, 15) is 9.59 Å². The van der Waals surface area contributed by atoms with Crippen molar-refractivity contribution in [2.24, 2.45) is 0 Å². The van der Waals surface area contributed by atoms with Crippen molar-refractivity contribution in [1.29, 1.82) is 0 Å². The molecule has 0 saturated heterocycles. The van der Waals surface area contributed by atoms with E-state index in [0.29, 0.717) is 29.9 Å². The van der Waals surface area contributed by atoms with Crippen LogP contribution in [-0.4, -0.2) is 25.5 Å². The molecule has 0 bridgehead atoms. The number of carbonyl (C=O) groups excluding carboxylic acids is 2. The number of nitrogens with one attached hydrogen (secondary N) is 1. The summed E-state index contributed by atoms with van der Waals surface area (Å²) in [7, 11) is 1.59. The molecule has 5 nitrogen and oxygen atoms in total. The molecular weight excluding hydrogens is 410 g/mol. The van der Waals surface area contributed by atoms with Gasteiger partial charge in [0.15, 0.2) is 5.78 Å². The van der Waals surface area contributed by atoms with Crippen LogP contribution in [0.25, 0.3) is 0 Å². The maximum atomic E-state index is 12.9. The highest BCUT2D eigenvalue weighted by Crippen LogP contribution is 2.45. The lowest BCUT2D eigenvalue weighted by atomic mass is 9.75. The number of rotatable bonds is 5. The molecule has 3 rings (SSSR count). The average molecular weight is 434 g/mol. The number of ether oxygens (including phenoxy) is 2. The lowest BCUT2D eigenvalue weighted by Gasteiger charge is -2.34. The van der Waals surface area contributed by atoms with Crippen molar-refractivity contribution in [2.45, 2.75) is 45.4 Å². The predicted octanol–water partition coefficient (Wildman–Crippen LogP) is 4.38. The van der Waals surface area contributed by atoms with Gasteiger partial charge in [0.05, 0.1) is 25.2 Å². The molecule has 2 aliphatic rings. The van der Waals surface area contributed by atoms with Gasteiger partial charge in [-0.15, -0.1) is 0 Å². The summed E-state index contributed by atoms with van der Waals surface area (Å²) in [5, 5.41) is 3.29. The molecule has 1 unspecified atom stereocenters. The number of halogens is 1. The number of methoxy groups -OCH3 is 1. The molecule has 1 aromatic carbocycles. The van der Waals surface area contributed by atoms with Gasteiger partial charge in [-0.1, -0.05) is 22.9 Å². The van der Waals surface area contributed by atoms with E-state index in [2.05, 4.69) is 21.2 Å². The minimum absolute atomic E-state index is 0.0732. The van der Waals surface area contributed by atoms with E-state index >= 15 is 0 Å². The first-order valence-electron chi connectivity index (χ1n) is 9.22. The standard InChI is InChI=1S/C21H24BrNO4/c1-4-10-27-21(25)18-12(2)23-15-6-5-7-16(24)20(15)19(18)14-11-13(22)8-9-17(14)26-3/h8-9,11,19,23H,4-7,10H2,1-3H3. The second-order valence-electron chi connectivity index (χ2n) is 6.79. The lowest BCUT2D eigenvalue weighted by molar-refractivity contribution is -0.139. The van der Waals surface area contributed by atoms with Crippen LogP contribution in [-0.2, 0) is 14.3 Å². The number of ketones is 1. The van der Waals surface area contributed by atoms with E-state index in [1.165, 1.54) is 0 Å². The second-order valence-corrected chi connectivity index (χ2v) is 7.70. The highest BCUT2D eigenvalue weighted by atomic mass is 79.9. The first kappa shape index (κ1) is 19.7. The lowest BCUT2D eigenvalue weighted by Crippen LogP contribution is -2.34. The SMILES string of the molecule is CCCOC(=O)C1=C(C)NC2=C(C(=O)CCC2)C1c1cc(Br)ccc1OC. The van der Waals surface area contributed by atoms with Crippen molar-refractivity contribution < 1.29 is 19.1 Å². The Labute approximate surface area is 167 Å². The molecular formula is C21H24BrNO4. The molecule has 1 heterocycles. The van der Waals surface area contributed by atoms with Crippen LogP contribution in [0, 0.1) is 0 Å². The average Bonchev–Trinajstić information content (AvgIpc) is 2.65. The van der Waals surface area contributed by atoms with Crippen molar-refractivity contribution in [2.75, 3.05) is 13.7 Å². The van der Waals surface area contributed by atoms with E-state index < -0.39 is 5.92 Å². The number of esters is 1. The summed E-state index contributed by atoms with van der Waals surface area (Å²) in [6.45, 7) is 4.16. The van der Waals surface area contributed by atoms with E-state index in [0.717, 1.165) is 40.7 Å². The summed E-state index contributed by atoms with van der Waals surface area (Å²) in [5.74, 6) is -0.169. The Balaban J connectivity index is 2.19. The van der Waals surface area contributed by atoms with Crippen molar-refractivity contribution in [3.05, 3.63) is 50.8 Å². The highest BCUT2D eigenvalue weighted by Gasteiger charge is 2.40. The number of hydrogen-bond acceptors (Lipinski definition) is 5. The molecule has 0 amide bonds. The molecule has 1 aliphatic carbocycles. The molecule has 1 atom stereocenters. The molecule has 1 N–H and O–H groups in total. The Kier molecular flexibility index (Phi) is 6.05. The zero-order chi connectivity index (χ0) is 19.6. The van der Waals surface area contributed by atoms with Gasteiger partial charge in [0, 0.05) is 33.4 Å². The molecule has 0 fully saturated rings. The quantitative estimate of drug-likeness (QED) is 0.697. The van der Waals surface area contributed by atoms with Crippen LogP contribution in [0.5, 0.6) is 5.75 Å². The number of Topliss-reactive ketones (excluding diaryl/α,β-unsaturated/α-hetero) is 1. The van der Waals surface area contributed by atoms with Gasteiger partial charge in [-0.25, -0.2) is 4.79 Å². The monoisotopic (exact) mass is 433 g/mol. The second kappa shape index (κ2) is 8.30. The zero-order valence-electron chi connectivity index (χ0n) is 15.9. The summed E-state index contributed by atoms with van der Waals surface area (Å²) < 4.78 is 11.9. The Hall–Kier alpha value is -2.08. The van der Waals surface area contributed by atoms with Crippen molar-refractivity contribution >= 4 is 27.7 Å². The maximum Gasteiger partial charge on any atom is 0.336 e. The minimum Gasteiger partial charge on any atom is -0.496 e. The van der Waals surface area contributed by atoms with E-state index in [4.69, 9.17) is 9.47 Å². The van der Waals surface area contributed by atoms with Crippen LogP contribution in [0.15, 0.2) is 45.2 Å². The summed E-state index contributed by atoms with van der Waals surface area (Å²) in [4.78, 5) is 25.8. The van der Waals surface area contributed by atoms with Gasteiger partial charge >= 0.3 is 5.97 Å². The van der Waals surface area contributed by atoms with E-state index in [1.807, 2.05) is 32.0 Å². The molecule has 27 heavy (non-hydrogen) atoms. The third-order valence-corrected chi connectivity index (χ3v) is 5.43. The Morgan fingerprint density at radius 2 is 2.11 bits per heavy atom. The zero-order valence-corrected chi connectivity index (χ0v) is 17.4. The van der Waals surface area contributed by atoms with Gasteiger partial charge in [-0.05, 0) is 44.4 Å². The number of dihydropyridines is 1. The third-order valence-electron chi connectivity index (χ3n) is 4.94. The molecule has 6 heteroatoms. The van der Waals surface area contributed by atoms with Crippen LogP contribution in [0.1, 0.15) is 51.0 Å². The predicted molar refractivity (Wildman–Crippen MR) is 106 cm³/mol. The fraction of sp³-hybridized carbons (Fsp3) is 0.429. The normalized spacial score (nSPS) is 19.6. The van der Waals surface area contributed by atoms with Crippen LogP contribution in [0.2, 0.25) is 0 Å². The minimum atomic E-state index is -0.495. The fourth-order valence-corrected chi connectivity index (χ4v) is 4.15. The molecule has 0 radical (unpaired) electrons. The maximum absolute atomic E-state index is 12.9. The molecule has 0 spiro atoms. The van der Waals surface area contributed by atoms with Gasteiger partial charge in [-0.3, -0.25) is 4.79 Å². The molecule has 144 valence electrons. The smallest absolute Gasteiger partial charge is 0.336 e. The van der Waals surface area contributed by atoms with Gasteiger partial charge in [0.2, 0.25) is 0 Å². The van der Waals surface area contributed by atoms with Gasteiger partial charge < -0.3 is 14.8 Å². The summed E-state index contributed by atoms with van der Waals surface area (Å²) >= 11 is 3.50. The summed E-state index contributed by atoms with van der Waals surface area (Å²) in [6.07, 6.45) is 2.84. The van der Waals surface area contributed by atoms with Gasteiger partial charge in [0.1, 0.15) is 5.75 Å². The Morgan fingerprint density at radius 3 is 2.81 bits per heavy atom. The third kappa shape index (κ3) is 3.81. The Morgan fingerprint density at radius 1 is 1.33 bits per heavy atom. The van der Waals surface area contributed by atoms with Crippen molar-refractivity contribution in [3.63, 3.8) is 0 Å². The Bertz CT molecular complexity index is 841.